The Hall–Kier alpha value is -2.32. The van der Waals surface area contributed by atoms with E-state index in [-0.39, 0.29) is 29.5 Å². The van der Waals surface area contributed by atoms with Crippen LogP contribution in [-0.4, -0.2) is 70.8 Å². The number of rotatable bonds is 3. The Morgan fingerprint density at radius 1 is 1.00 bits per heavy atom. The molecule has 26 heavy (non-hydrogen) atoms. The van der Waals surface area contributed by atoms with Crippen LogP contribution in [0.2, 0.25) is 0 Å². The third-order valence-corrected chi connectivity index (χ3v) is 6.73. The van der Waals surface area contributed by atoms with E-state index in [1.807, 2.05) is 18.2 Å². The number of pyridine rings is 2. The lowest BCUT2D eigenvalue weighted by Gasteiger charge is -2.43. The third-order valence-electron chi connectivity index (χ3n) is 5.03. The summed E-state index contributed by atoms with van der Waals surface area (Å²) in [5.41, 5.74) is 1.26. The number of amides is 1. The summed E-state index contributed by atoms with van der Waals surface area (Å²) < 4.78 is 24.6. The van der Waals surface area contributed by atoms with Crippen molar-refractivity contribution < 1.29 is 13.2 Å². The van der Waals surface area contributed by atoms with Crippen LogP contribution < -0.4 is 0 Å². The van der Waals surface area contributed by atoms with Crippen molar-refractivity contribution in [2.24, 2.45) is 0 Å². The largest absolute Gasteiger partial charge is 0.330 e. The topological polar surface area (TPSA) is 83.5 Å². The Bertz CT molecular complexity index is 889. The van der Waals surface area contributed by atoms with Gasteiger partial charge in [-0.1, -0.05) is 12.1 Å². The number of carbonyl (C=O) groups excluding carboxylic acids is 1. The second kappa shape index (κ2) is 6.77. The standard InChI is InChI=1S/C18H20N4O3S/c23-18(15-6-2-4-8-20-15)22-10-9-21(11-14-5-1-3-7-19-14)16-12-26(24,25)13-17(16)22/h1-8,16-17H,9-13H2/t16-,17+/m1/s1. The summed E-state index contributed by atoms with van der Waals surface area (Å²) in [6.07, 6.45) is 3.31. The van der Waals surface area contributed by atoms with Crippen LogP contribution in [0.25, 0.3) is 0 Å². The van der Waals surface area contributed by atoms with Gasteiger partial charge in [-0.2, -0.15) is 0 Å². The summed E-state index contributed by atoms with van der Waals surface area (Å²) in [7, 11) is -3.18. The Morgan fingerprint density at radius 2 is 1.73 bits per heavy atom. The minimum Gasteiger partial charge on any atom is -0.330 e. The zero-order chi connectivity index (χ0) is 18.1. The Labute approximate surface area is 152 Å². The summed E-state index contributed by atoms with van der Waals surface area (Å²) in [5.74, 6) is -0.110. The number of hydrogen-bond acceptors (Lipinski definition) is 6. The molecule has 2 aromatic heterocycles. The normalized spacial score (nSPS) is 25.0. The predicted octanol–water partition coefficient (Wildman–Crippen LogP) is 0.600. The zero-order valence-corrected chi connectivity index (χ0v) is 15.0. The minimum absolute atomic E-state index is 0.00889. The van der Waals surface area contributed by atoms with E-state index in [1.54, 1.807) is 35.5 Å². The van der Waals surface area contributed by atoms with E-state index >= 15 is 0 Å². The van der Waals surface area contributed by atoms with Gasteiger partial charge in [0.25, 0.3) is 5.91 Å². The maximum absolute atomic E-state index is 12.9. The molecule has 1 amide bonds. The lowest BCUT2D eigenvalue weighted by atomic mass is 10.0. The van der Waals surface area contributed by atoms with Gasteiger partial charge in [-0.3, -0.25) is 19.7 Å². The Morgan fingerprint density at radius 3 is 2.42 bits per heavy atom. The number of hydrogen-bond donors (Lipinski definition) is 0. The van der Waals surface area contributed by atoms with Gasteiger partial charge in [0.2, 0.25) is 0 Å². The van der Waals surface area contributed by atoms with Crippen LogP contribution >= 0.6 is 0 Å². The molecule has 0 aromatic carbocycles. The fourth-order valence-electron chi connectivity index (χ4n) is 3.81. The van der Waals surface area contributed by atoms with Crippen LogP contribution in [0, 0.1) is 0 Å². The molecule has 7 nitrogen and oxygen atoms in total. The summed E-state index contributed by atoms with van der Waals surface area (Å²) in [4.78, 5) is 25.2. The summed E-state index contributed by atoms with van der Waals surface area (Å²) in [6, 6.07) is 10.4. The van der Waals surface area contributed by atoms with E-state index in [2.05, 4.69) is 14.9 Å². The van der Waals surface area contributed by atoms with Crippen LogP contribution in [0.4, 0.5) is 0 Å². The Kier molecular flexibility index (Phi) is 4.46. The quantitative estimate of drug-likeness (QED) is 0.785. The third kappa shape index (κ3) is 3.34. The molecule has 0 unspecified atom stereocenters. The second-order valence-electron chi connectivity index (χ2n) is 6.72. The maximum atomic E-state index is 12.9. The molecule has 2 saturated heterocycles. The molecule has 4 heterocycles. The molecule has 0 bridgehead atoms. The lowest BCUT2D eigenvalue weighted by Crippen LogP contribution is -2.60. The van der Waals surface area contributed by atoms with Crippen molar-refractivity contribution in [3.8, 4) is 0 Å². The van der Waals surface area contributed by atoms with E-state index in [1.165, 1.54) is 0 Å². The molecule has 0 radical (unpaired) electrons. The van der Waals surface area contributed by atoms with Gasteiger partial charge in [0, 0.05) is 38.1 Å². The molecule has 0 saturated carbocycles. The van der Waals surface area contributed by atoms with Crippen LogP contribution in [0.5, 0.6) is 0 Å². The van der Waals surface area contributed by atoms with E-state index in [9.17, 15) is 13.2 Å². The summed E-state index contributed by atoms with van der Waals surface area (Å²) in [5, 5.41) is 0. The van der Waals surface area contributed by atoms with Gasteiger partial charge in [-0.25, -0.2) is 8.42 Å². The number of nitrogens with zero attached hydrogens (tertiary/aromatic N) is 4. The van der Waals surface area contributed by atoms with Crippen LogP contribution in [-0.2, 0) is 16.4 Å². The van der Waals surface area contributed by atoms with Gasteiger partial charge < -0.3 is 4.90 Å². The maximum Gasteiger partial charge on any atom is 0.272 e. The molecule has 8 heteroatoms. The monoisotopic (exact) mass is 372 g/mol. The molecule has 2 aromatic rings. The van der Waals surface area contributed by atoms with Gasteiger partial charge >= 0.3 is 0 Å². The van der Waals surface area contributed by atoms with E-state index in [0.29, 0.717) is 25.3 Å². The lowest BCUT2D eigenvalue weighted by molar-refractivity contribution is 0.0298. The Balaban J connectivity index is 1.59. The highest BCUT2D eigenvalue weighted by molar-refractivity contribution is 7.91. The molecular weight excluding hydrogens is 352 g/mol. The number of piperazine rings is 1. The summed E-state index contributed by atoms with van der Waals surface area (Å²) >= 11 is 0. The van der Waals surface area contributed by atoms with Crippen LogP contribution in [0.15, 0.2) is 48.8 Å². The molecule has 136 valence electrons. The highest BCUT2D eigenvalue weighted by atomic mass is 32.2. The van der Waals surface area contributed by atoms with Crippen molar-refractivity contribution in [3.05, 3.63) is 60.2 Å². The van der Waals surface area contributed by atoms with Crippen molar-refractivity contribution in [3.63, 3.8) is 0 Å². The smallest absolute Gasteiger partial charge is 0.272 e. The van der Waals surface area contributed by atoms with Gasteiger partial charge in [-0.05, 0) is 24.3 Å². The number of fused-ring (bicyclic) bond motifs is 1. The average molecular weight is 372 g/mol. The fourth-order valence-corrected chi connectivity index (χ4v) is 5.82. The molecule has 2 atom stereocenters. The van der Waals surface area contributed by atoms with Gasteiger partial charge in [-0.15, -0.1) is 0 Å². The first-order chi connectivity index (χ1) is 12.5. The molecule has 2 aliphatic rings. The molecule has 0 N–H and O–H groups in total. The molecule has 2 aliphatic heterocycles. The first kappa shape index (κ1) is 17.1. The highest BCUT2D eigenvalue weighted by Gasteiger charge is 2.48. The van der Waals surface area contributed by atoms with Crippen molar-refractivity contribution >= 4 is 15.7 Å². The minimum atomic E-state index is -3.18. The van der Waals surface area contributed by atoms with Crippen molar-refractivity contribution in [1.82, 2.24) is 19.8 Å². The van der Waals surface area contributed by atoms with E-state index in [4.69, 9.17) is 0 Å². The molecule has 0 spiro atoms. The predicted molar refractivity (Wildman–Crippen MR) is 96.2 cm³/mol. The first-order valence-corrected chi connectivity index (χ1v) is 10.4. The second-order valence-corrected chi connectivity index (χ2v) is 8.87. The van der Waals surface area contributed by atoms with Crippen LogP contribution in [0.3, 0.4) is 0 Å². The molecule has 0 aliphatic carbocycles. The summed E-state index contributed by atoms with van der Waals surface area (Å²) in [6.45, 7) is 1.69. The van der Waals surface area contributed by atoms with E-state index in [0.717, 1.165) is 5.69 Å². The number of sulfone groups is 1. The molecular formula is C18H20N4O3S. The highest BCUT2D eigenvalue weighted by Crippen LogP contribution is 2.28. The van der Waals surface area contributed by atoms with Gasteiger partial charge in [0.15, 0.2) is 9.84 Å². The zero-order valence-electron chi connectivity index (χ0n) is 14.2. The van der Waals surface area contributed by atoms with Crippen molar-refractivity contribution in [2.75, 3.05) is 24.6 Å². The van der Waals surface area contributed by atoms with Gasteiger partial charge in [0.05, 0.1) is 23.2 Å². The van der Waals surface area contributed by atoms with Gasteiger partial charge in [0.1, 0.15) is 5.69 Å². The molecule has 4 rings (SSSR count). The van der Waals surface area contributed by atoms with E-state index < -0.39 is 9.84 Å². The first-order valence-electron chi connectivity index (χ1n) is 8.60. The molecule has 2 fully saturated rings. The average Bonchev–Trinajstić information content (AvgIpc) is 2.98. The SMILES string of the molecule is O=C(c1ccccn1)N1CCN(Cc2ccccn2)[C@@H]2CS(=O)(=O)C[C@@H]21. The number of carbonyl (C=O) groups is 1. The van der Waals surface area contributed by atoms with Crippen molar-refractivity contribution in [2.45, 2.75) is 18.6 Å². The number of aromatic nitrogens is 2. The van der Waals surface area contributed by atoms with Crippen LogP contribution in [0.1, 0.15) is 16.2 Å². The fraction of sp³-hybridized carbons (Fsp3) is 0.389. The van der Waals surface area contributed by atoms with Crippen molar-refractivity contribution in [1.29, 1.82) is 0 Å².